The predicted molar refractivity (Wildman–Crippen MR) is 94.7 cm³/mol. The van der Waals surface area contributed by atoms with E-state index in [1.54, 1.807) is 6.08 Å². The molecule has 0 aromatic heterocycles. The molecule has 1 aromatic rings. The highest BCUT2D eigenvalue weighted by Crippen LogP contribution is 2.17. The standard InChI is InChI=1S/C19H24N2O4/c1-13-7-3-4-8-15(13)11-12-17(22)25-14(2)18(23)21-19(24)20-16-9-5-6-10-16/h3-4,7-8,11-12,14,16H,5-6,9-10H2,1-2H3,(H2,20,21,23,24)/b12-11+/t14-/m1/s1. The fourth-order valence-corrected chi connectivity index (χ4v) is 2.70. The highest BCUT2D eigenvalue weighted by Gasteiger charge is 2.22. The third kappa shape index (κ3) is 6.06. The van der Waals surface area contributed by atoms with Gasteiger partial charge < -0.3 is 10.1 Å². The molecular weight excluding hydrogens is 320 g/mol. The highest BCUT2D eigenvalue weighted by atomic mass is 16.5. The number of amides is 3. The number of aryl methyl sites for hydroxylation is 1. The first-order chi connectivity index (χ1) is 12.0. The Morgan fingerprint density at radius 3 is 2.56 bits per heavy atom. The minimum atomic E-state index is -1.05. The second kappa shape index (κ2) is 9.01. The van der Waals surface area contributed by atoms with E-state index < -0.39 is 24.0 Å². The average Bonchev–Trinajstić information content (AvgIpc) is 3.06. The summed E-state index contributed by atoms with van der Waals surface area (Å²) in [5.41, 5.74) is 1.92. The molecule has 1 aliphatic rings. The number of nitrogens with one attached hydrogen (secondary N) is 2. The van der Waals surface area contributed by atoms with Crippen molar-refractivity contribution in [1.82, 2.24) is 10.6 Å². The molecule has 25 heavy (non-hydrogen) atoms. The van der Waals surface area contributed by atoms with Gasteiger partial charge in [-0.2, -0.15) is 0 Å². The number of carbonyl (C=O) groups is 3. The topological polar surface area (TPSA) is 84.5 Å². The first-order valence-corrected chi connectivity index (χ1v) is 8.51. The van der Waals surface area contributed by atoms with Gasteiger partial charge in [0.05, 0.1) is 0 Å². The monoisotopic (exact) mass is 344 g/mol. The highest BCUT2D eigenvalue weighted by molar-refractivity contribution is 5.98. The van der Waals surface area contributed by atoms with Gasteiger partial charge in [0.2, 0.25) is 0 Å². The molecule has 3 amide bonds. The molecule has 6 nitrogen and oxygen atoms in total. The summed E-state index contributed by atoms with van der Waals surface area (Å²) in [4.78, 5) is 35.5. The summed E-state index contributed by atoms with van der Waals surface area (Å²) >= 11 is 0. The van der Waals surface area contributed by atoms with Crippen molar-refractivity contribution >= 4 is 24.0 Å². The minimum Gasteiger partial charge on any atom is -0.449 e. The predicted octanol–water partition coefficient (Wildman–Crippen LogP) is 2.71. The van der Waals surface area contributed by atoms with Crippen LogP contribution in [0.1, 0.15) is 43.7 Å². The van der Waals surface area contributed by atoms with E-state index in [1.165, 1.54) is 13.0 Å². The van der Waals surface area contributed by atoms with Gasteiger partial charge >= 0.3 is 12.0 Å². The van der Waals surface area contributed by atoms with Gasteiger partial charge in [-0.25, -0.2) is 9.59 Å². The van der Waals surface area contributed by atoms with Crippen molar-refractivity contribution in [3.8, 4) is 0 Å². The van der Waals surface area contributed by atoms with E-state index in [4.69, 9.17) is 4.74 Å². The van der Waals surface area contributed by atoms with E-state index >= 15 is 0 Å². The molecule has 0 saturated heterocycles. The number of carbonyl (C=O) groups excluding carboxylic acids is 3. The summed E-state index contributed by atoms with van der Waals surface area (Å²) in [5.74, 6) is -1.28. The first-order valence-electron chi connectivity index (χ1n) is 8.51. The quantitative estimate of drug-likeness (QED) is 0.635. The van der Waals surface area contributed by atoms with Gasteiger partial charge in [0, 0.05) is 12.1 Å². The van der Waals surface area contributed by atoms with Gasteiger partial charge in [0.25, 0.3) is 5.91 Å². The smallest absolute Gasteiger partial charge is 0.331 e. The van der Waals surface area contributed by atoms with Crippen LogP contribution in [-0.4, -0.2) is 30.1 Å². The first kappa shape index (κ1) is 18.7. The second-order valence-corrected chi connectivity index (χ2v) is 6.21. The Balaban J connectivity index is 1.78. The maximum absolute atomic E-state index is 11.9. The fourth-order valence-electron chi connectivity index (χ4n) is 2.70. The number of ether oxygens (including phenoxy) is 1. The van der Waals surface area contributed by atoms with Crippen molar-refractivity contribution in [2.75, 3.05) is 0 Å². The van der Waals surface area contributed by atoms with Gasteiger partial charge in [-0.05, 0) is 43.9 Å². The molecule has 0 spiro atoms. The lowest BCUT2D eigenvalue weighted by molar-refractivity contribution is -0.149. The van der Waals surface area contributed by atoms with Gasteiger partial charge in [-0.15, -0.1) is 0 Å². The molecule has 1 fully saturated rings. The van der Waals surface area contributed by atoms with Crippen molar-refractivity contribution in [3.05, 3.63) is 41.5 Å². The Bertz CT molecular complexity index is 663. The molecule has 134 valence electrons. The maximum Gasteiger partial charge on any atom is 0.331 e. The van der Waals surface area contributed by atoms with E-state index in [1.807, 2.05) is 31.2 Å². The van der Waals surface area contributed by atoms with E-state index in [0.29, 0.717) is 0 Å². The number of rotatable bonds is 5. The van der Waals surface area contributed by atoms with Crippen LogP contribution in [0.15, 0.2) is 30.3 Å². The van der Waals surface area contributed by atoms with Crippen molar-refractivity contribution < 1.29 is 19.1 Å². The van der Waals surface area contributed by atoms with Crippen LogP contribution < -0.4 is 10.6 Å². The fraction of sp³-hybridized carbons (Fsp3) is 0.421. The Hall–Kier alpha value is -2.63. The number of benzene rings is 1. The third-order valence-electron chi connectivity index (χ3n) is 4.18. The molecule has 0 unspecified atom stereocenters. The summed E-state index contributed by atoms with van der Waals surface area (Å²) in [5, 5.41) is 4.95. The zero-order chi connectivity index (χ0) is 18.2. The summed E-state index contributed by atoms with van der Waals surface area (Å²) in [7, 11) is 0. The van der Waals surface area contributed by atoms with E-state index in [9.17, 15) is 14.4 Å². The van der Waals surface area contributed by atoms with E-state index in [2.05, 4.69) is 10.6 Å². The normalized spacial score (nSPS) is 15.8. The Morgan fingerprint density at radius 2 is 1.88 bits per heavy atom. The molecule has 0 bridgehead atoms. The van der Waals surface area contributed by atoms with Gasteiger partial charge in [0.15, 0.2) is 6.10 Å². The van der Waals surface area contributed by atoms with Gasteiger partial charge in [-0.3, -0.25) is 10.1 Å². The summed E-state index contributed by atoms with van der Waals surface area (Å²) in [6.45, 7) is 3.36. The lowest BCUT2D eigenvalue weighted by atomic mass is 10.1. The minimum absolute atomic E-state index is 0.114. The summed E-state index contributed by atoms with van der Waals surface area (Å²) in [6, 6.07) is 7.16. The lowest BCUT2D eigenvalue weighted by Gasteiger charge is -2.15. The van der Waals surface area contributed by atoms with Crippen molar-refractivity contribution in [1.29, 1.82) is 0 Å². The van der Waals surface area contributed by atoms with Crippen LogP contribution in [0.2, 0.25) is 0 Å². The zero-order valence-corrected chi connectivity index (χ0v) is 14.6. The van der Waals surface area contributed by atoms with Crippen molar-refractivity contribution in [2.45, 2.75) is 51.7 Å². The van der Waals surface area contributed by atoms with Crippen molar-refractivity contribution in [3.63, 3.8) is 0 Å². The van der Waals surface area contributed by atoms with Crippen molar-refractivity contribution in [2.24, 2.45) is 0 Å². The molecule has 2 rings (SSSR count). The van der Waals surface area contributed by atoms with Crippen LogP contribution in [-0.2, 0) is 14.3 Å². The Morgan fingerprint density at radius 1 is 1.20 bits per heavy atom. The van der Waals surface area contributed by atoms with E-state index in [0.717, 1.165) is 36.8 Å². The van der Waals surface area contributed by atoms with Crippen LogP contribution in [0.25, 0.3) is 6.08 Å². The third-order valence-corrected chi connectivity index (χ3v) is 4.18. The molecule has 1 aromatic carbocycles. The zero-order valence-electron chi connectivity index (χ0n) is 14.6. The number of imide groups is 1. The molecule has 1 atom stereocenters. The molecule has 2 N–H and O–H groups in total. The van der Waals surface area contributed by atoms with Crippen LogP contribution in [0, 0.1) is 6.92 Å². The SMILES string of the molecule is Cc1ccccc1/C=C/C(=O)O[C@H](C)C(=O)NC(=O)NC1CCCC1. The number of hydrogen-bond acceptors (Lipinski definition) is 4. The molecule has 1 saturated carbocycles. The van der Waals surface area contributed by atoms with Gasteiger partial charge in [0.1, 0.15) is 0 Å². The van der Waals surface area contributed by atoms with Crippen LogP contribution in [0.3, 0.4) is 0 Å². The van der Waals surface area contributed by atoms with Crippen LogP contribution in [0.5, 0.6) is 0 Å². The molecule has 1 aliphatic carbocycles. The molecular formula is C19H24N2O4. The molecule has 0 heterocycles. The average molecular weight is 344 g/mol. The lowest BCUT2D eigenvalue weighted by Crippen LogP contribution is -2.47. The van der Waals surface area contributed by atoms with Gasteiger partial charge in [-0.1, -0.05) is 37.1 Å². The summed E-state index contributed by atoms with van der Waals surface area (Å²) < 4.78 is 5.03. The number of hydrogen-bond donors (Lipinski definition) is 2. The largest absolute Gasteiger partial charge is 0.449 e. The van der Waals surface area contributed by atoms with E-state index in [-0.39, 0.29) is 6.04 Å². The molecule has 0 radical (unpaired) electrons. The number of urea groups is 1. The summed E-state index contributed by atoms with van der Waals surface area (Å²) in [6.07, 6.45) is 5.87. The molecule has 6 heteroatoms. The second-order valence-electron chi connectivity index (χ2n) is 6.21. The maximum atomic E-state index is 11.9. The Kier molecular flexibility index (Phi) is 6.74. The number of esters is 1. The Labute approximate surface area is 147 Å². The van der Waals surface area contributed by atoms with Crippen LogP contribution in [0.4, 0.5) is 4.79 Å². The molecule has 0 aliphatic heterocycles. The van der Waals surface area contributed by atoms with Crippen LogP contribution >= 0.6 is 0 Å².